The van der Waals surface area contributed by atoms with Gasteiger partial charge < -0.3 is 5.11 Å². The van der Waals surface area contributed by atoms with Crippen molar-refractivity contribution in [3.8, 4) is 5.75 Å². The molecule has 0 aliphatic rings. The normalized spacial score (nSPS) is 11.3. The molecular weight excluding hydrogens is 414 g/mol. The fourth-order valence-corrected chi connectivity index (χ4v) is 3.61. The van der Waals surface area contributed by atoms with E-state index in [-0.39, 0.29) is 21.9 Å². The summed E-state index contributed by atoms with van der Waals surface area (Å²) in [4.78, 5) is 12.5. The van der Waals surface area contributed by atoms with Gasteiger partial charge >= 0.3 is 0 Å². The minimum absolute atomic E-state index is 0.00897. The second kappa shape index (κ2) is 8.76. The van der Waals surface area contributed by atoms with E-state index in [2.05, 4.69) is 15.2 Å². The van der Waals surface area contributed by atoms with E-state index in [1.54, 1.807) is 30.3 Å². The van der Waals surface area contributed by atoms with Crippen molar-refractivity contribution in [3.05, 3.63) is 88.9 Å². The van der Waals surface area contributed by atoms with Gasteiger partial charge in [0.1, 0.15) is 5.75 Å². The van der Waals surface area contributed by atoms with Gasteiger partial charge in [-0.05, 0) is 48.5 Å². The lowest BCUT2D eigenvalue weighted by atomic mass is 10.2. The van der Waals surface area contributed by atoms with E-state index in [1.807, 2.05) is 0 Å². The molecule has 3 rings (SSSR count). The Kier molecular flexibility index (Phi) is 6.16. The second-order valence-electron chi connectivity index (χ2n) is 5.86. The molecule has 0 unspecified atom stereocenters. The number of hydrogen-bond acceptors (Lipinski definition) is 5. The van der Waals surface area contributed by atoms with Crippen molar-refractivity contribution in [3.63, 3.8) is 0 Å². The molecule has 3 aromatic rings. The molecule has 0 saturated heterocycles. The molecule has 7 nitrogen and oxygen atoms in total. The average molecular weight is 430 g/mol. The van der Waals surface area contributed by atoms with Crippen LogP contribution in [0.4, 0.5) is 5.69 Å². The monoisotopic (exact) mass is 429 g/mol. The van der Waals surface area contributed by atoms with E-state index in [4.69, 9.17) is 11.6 Å². The Balaban J connectivity index is 1.78. The Bertz CT molecular complexity index is 1160. The number of hydrazone groups is 1. The lowest BCUT2D eigenvalue weighted by Gasteiger charge is -2.11. The number of nitrogens with one attached hydrogen (secondary N) is 2. The van der Waals surface area contributed by atoms with Crippen molar-refractivity contribution >= 4 is 39.4 Å². The molecule has 1 amide bonds. The molecule has 0 fully saturated rings. The van der Waals surface area contributed by atoms with E-state index < -0.39 is 15.9 Å². The van der Waals surface area contributed by atoms with Crippen LogP contribution in [-0.2, 0) is 10.0 Å². The quantitative estimate of drug-likeness (QED) is 0.411. The van der Waals surface area contributed by atoms with Crippen LogP contribution in [0.3, 0.4) is 0 Å². The molecule has 0 saturated carbocycles. The summed E-state index contributed by atoms with van der Waals surface area (Å²) >= 11 is 5.79. The molecule has 0 radical (unpaired) electrons. The van der Waals surface area contributed by atoms with E-state index in [0.717, 1.165) is 0 Å². The number of hydrogen-bond donors (Lipinski definition) is 3. The zero-order valence-corrected chi connectivity index (χ0v) is 16.5. The minimum Gasteiger partial charge on any atom is -0.507 e. The van der Waals surface area contributed by atoms with Gasteiger partial charge in [-0.15, -0.1) is 0 Å². The van der Waals surface area contributed by atoms with Crippen LogP contribution in [0.15, 0.2) is 82.8 Å². The van der Waals surface area contributed by atoms with E-state index in [9.17, 15) is 18.3 Å². The summed E-state index contributed by atoms with van der Waals surface area (Å²) in [6.07, 6.45) is 1.29. The Morgan fingerprint density at radius 2 is 1.62 bits per heavy atom. The molecule has 29 heavy (non-hydrogen) atoms. The highest BCUT2D eigenvalue weighted by atomic mass is 35.5. The highest BCUT2D eigenvalue weighted by molar-refractivity contribution is 7.92. The van der Waals surface area contributed by atoms with Crippen molar-refractivity contribution in [2.45, 2.75) is 4.90 Å². The second-order valence-corrected chi connectivity index (χ2v) is 7.98. The lowest BCUT2D eigenvalue weighted by Crippen LogP contribution is -2.21. The molecular formula is C20H16ClN3O4S. The molecule has 0 spiro atoms. The molecule has 3 aromatic carbocycles. The summed E-state index contributed by atoms with van der Waals surface area (Å²) in [7, 11) is -3.92. The number of phenolic OH excluding ortho intramolecular Hbond substituents is 1. The first-order valence-corrected chi connectivity index (χ1v) is 10.2. The molecule has 0 aliphatic heterocycles. The average Bonchev–Trinajstić information content (AvgIpc) is 2.70. The third-order valence-corrected chi connectivity index (χ3v) is 5.48. The maximum Gasteiger partial charge on any atom is 0.273 e. The predicted octanol–water partition coefficient (Wildman–Crippen LogP) is 3.61. The molecule has 0 aromatic heterocycles. The van der Waals surface area contributed by atoms with Gasteiger partial charge in [-0.3, -0.25) is 9.52 Å². The van der Waals surface area contributed by atoms with Crippen molar-refractivity contribution in [2.75, 3.05) is 4.72 Å². The molecule has 0 aliphatic carbocycles. The van der Waals surface area contributed by atoms with Gasteiger partial charge in [-0.2, -0.15) is 5.10 Å². The van der Waals surface area contributed by atoms with E-state index in [0.29, 0.717) is 10.6 Å². The fraction of sp³-hybridized carbons (Fsp3) is 0. The largest absolute Gasteiger partial charge is 0.507 e. The maximum absolute atomic E-state index is 12.6. The number of anilines is 1. The predicted molar refractivity (Wildman–Crippen MR) is 112 cm³/mol. The number of benzene rings is 3. The fourth-order valence-electron chi connectivity index (χ4n) is 2.40. The van der Waals surface area contributed by atoms with Crippen molar-refractivity contribution in [2.24, 2.45) is 5.10 Å². The summed E-state index contributed by atoms with van der Waals surface area (Å²) in [5.41, 5.74) is 2.91. The van der Waals surface area contributed by atoms with Crippen LogP contribution in [0.2, 0.25) is 5.02 Å². The number of para-hydroxylation sites is 2. The third kappa shape index (κ3) is 5.13. The first kappa shape index (κ1) is 20.4. The number of sulfonamides is 1. The molecule has 3 N–H and O–H groups in total. The Hall–Kier alpha value is -3.36. The van der Waals surface area contributed by atoms with Gasteiger partial charge in [-0.25, -0.2) is 13.8 Å². The zero-order valence-electron chi connectivity index (χ0n) is 14.9. The number of nitrogens with zero attached hydrogens (tertiary/aromatic N) is 1. The van der Waals surface area contributed by atoms with Crippen LogP contribution in [-0.4, -0.2) is 25.6 Å². The van der Waals surface area contributed by atoms with Crippen molar-refractivity contribution < 1.29 is 18.3 Å². The van der Waals surface area contributed by atoms with Crippen LogP contribution in [0.25, 0.3) is 0 Å². The van der Waals surface area contributed by atoms with E-state index in [1.165, 1.54) is 48.7 Å². The SMILES string of the molecule is O=C(N/N=C/c1ccccc1O)c1ccccc1NS(=O)(=O)c1ccc(Cl)cc1. The number of halogens is 1. The number of aromatic hydroxyl groups is 1. The van der Waals surface area contributed by atoms with Gasteiger partial charge in [0.05, 0.1) is 22.4 Å². The maximum atomic E-state index is 12.6. The number of rotatable bonds is 6. The van der Waals surface area contributed by atoms with Crippen LogP contribution < -0.4 is 10.1 Å². The van der Waals surface area contributed by atoms with Gasteiger partial charge in [0.15, 0.2) is 0 Å². The van der Waals surface area contributed by atoms with Gasteiger partial charge in [-0.1, -0.05) is 35.9 Å². The van der Waals surface area contributed by atoms with Crippen LogP contribution >= 0.6 is 11.6 Å². The summed E-state index contributed by atoms with van der Waals surface area (Å²) in [5.74, 6) is -0.604. The Labute approximate surface area is 172 Å². The molecule has 0 heterocycles. The Morgan fingerprint density at radius 1 is 0.966 bits per heavy atom. The number of phenols is 1. The minimum atomic E-state index is -3.92. The molecule has 9 heteroatoms. The number of amides is 1. The highest BCUT2D eigenvalue weighted by Gasteiger charge is 2.18. The van der Waals surface area contributed by atoms with E-state index >= 15 is 0 Å². The molecule has 0 bridgehead atoms. The summed E-state index contributed by atoms with van der Waals surface area (Å²) in [6.45, 7) is 0. The van der Waals surface area contributed by atoms with Gasteiger partial charge in [0.25, 0.3) is 15.9 Å². The topological polar surface area (TPSA) is 108 Å². The summed E-state index contributed by atoms with van der Waals surface area (Å²) < 4.78 is 27.6. The lowest BCUT2D eigenvalue weighted by molar-refractivity contribution is 0.0956. The zero-order chi connectivity index (χ0) is 20.9. The van der Waals surface area contributed by atoms with Gasteiger partial charge in [0.2, 0.25) is 0 Å². The smallest absolute Gasteiger partial charge is 0.273 e. The standard InChI is InChI=1S/C20H16ClN3O4S/c21-15-9-11-16(12-10-15)29(27,28)24-18-7-3-2-6-17(18)20(26)23-22-13-14-5-1-4-8-19(14)25/h1-13,24-25H,(H,23,26)/b22-13+. The van der Waals surface area contributed by atoms with Crippen molar-refractivity contribution in [1.82, 2.24) is 5.43 Å². The summed E-state index contributed by atoms with van der Waals surface area (Å²) in [5, 5.41) is 13.9. The first-order chi connectivity index (χ1) is 13.9. The van der Waals surface area contributed by atoms with Crippen LogP contribution in [0, 0.1) is 0 Å². The van der Waals surface area contributed by atoms with Crippen molar-refractivity contribution in [1.29, 1.82) is 0 Å². The molecule has 0 atom stereocenters. The van der Waals surface area contributed by atoms with Gasteiger partial charge in [0, 0.05) is 10.6 Å². The number of carbonyl (C=O) groups excluding carboxylic acids is 1. The van der Waals surface area contributed by atoms with Crippen LogP contribution in [0.5, 0.6) is 5.75 Å². The third-order valence-electron chi connectivity index (χ3n) is 3.85. The molecule has 148 valence electrons. The highest BCUT2D eigenvalue weighted by Crippen LogP contribution is 2.21. The van der Waals surface area contributed by atoms with Crippen LogP contribution in [0.1, 0.15) is 15.9 Å². The number of carbonyl (C=O) groups is 1. The Morgan fingerprint density at radius 3 is 2.34 bits per heavy atom. The summed E-state index contributed by atoms with van der Waals surface area (Å²) in [6, 6.07) is 18.3. The first-order valence-electron chi connectivity index (χ1n) is 8.35.